The Morgan fingerprint density at radius 3 is 2.63 bits per heavy atom. The molecule has 0 aliphatic carbocycles. The summed E-state index contributed by atoms with van der Waals surface area (Å²) >= 11 is 3.41. The smallest absolute Gasteiger partial charge is 0.220 e. The summed E-state index contributed by atoms with van der Waals surface area (Å²) in [5, 5.41) is 7.47. The van der Waals surface area contributed by atoms with E-state index in [0.717, 1.165) is 21.5 Å². The lowest BCUT2D eigenvalue weighted by Gasteiger charge is -2.10. The number of amidine groups is 1. The molecule has 98 valence electrons. The van der Waals surface area contributed by atoms with Crippen LogP contribution in [0.15, 0.2) is 34.8 Å². The van der Waals surface area contributed by atoms with Crippen LogP contribution in [0.25, 0.3) is 0 Å². The highest BCUT2D eigenvalue weighted by atomic mass is 79.9. The lowest BCUT2D eigenvalue weighted by atomic mass is 10.2. The molecule has 1 aromatic heterocycles. The number of rotatable bonds is 3. The Bertz CT molecular complexity index is 641. The number of hydrogen-bond acceptors (Lipinski definition) is 3. The van der Waals surface area contributed by atoms with Crippen LogP contribution >= 0.6 is 15.9 Å². The molecule has 0 aliphatic heterocycles. The van der Waals surface area contributed by atoms with Crippen LogP contribution in [0.5, 0.6) is 11.6 Å². The topological polar surface area (TPSA) is 72.0 Å². The molecule has 0 saturated heterocycles. The number of nitrogens with two attached hydrogens (primary N) is 1. The Morgan fingerprint density at radius 1 is 1.26 bits per heavy atom. The third-order valence-electron chi connectivity index (χ3n) is 2.59. The van der Waals surface area contributed by atoms with Crippen molar-refractivity contribution in [1.82, 2.24) is 4.98 Å². The van der Waals surface area contributed by atoms with Crippen LogP contribution in [0.4, 0.5) is 0 Å². The maximum atomic E-state index is 7.47. The largest absolute Gasteiger partial charge is 0.439 e. The number of nitrogen functional groups attached to an aromatic ring is 1. The van der Waals surface area contributed by atoms with Gasteiger partial charge in [-0.25, -0.2) is 4.98 Å². The van der Waals surface area contributed by atoms with Crippen LogP contribution in [0.2, 0.25) is 0 Å². The fraction of sp³-hybridized carbons (Fsp3) is 0.143. The van der Waals surface area contributed by atoms with Crippen molar-refractivity contribution in [2.24, 2.45) is 5.73 Å². The minimum absolute atomic E-state index is 0.00266. The van der Waals surface area contributed by atoms with Crippen molar-refractivity contribution in [3.63, 3.8) is 0 Å². The Balaban J connectivity index is 2.35. The quantitative estimate of drug-likeness (QED) is 0.671. The molecular formula is C14H14BrN3O. The number of ether oxygens (including phenoxy) is 1. The Labute approximate surface area is 120 Å². The second-order valence-electron chi connectivity index (χ2n) is 4.26. The minimum Gasteiger partial charge on any atom is -0.439 e. The molecule has 0 unspecified atom stereocenters. The summed E-state index contributed by atoms with van der Waals surface area (Å²) in [5.41, 5.74) is 7.86. The van der Waals surface area contributed by atoms with Crippen LogP contribution in [0.1, 0.15) is 16.8 Å². The first-order valence-electron chi connectivity index (χ1n) is 5.73. The number of aromatic nitrogens is 1. The molecular weight excluding hydrogens is 306 g/mol. The first kappa shape index (κ1) is 13.5. The molecule has 2 aromatic rings. The zero-order chi connectivity index (χ0) is 14.0. The fourth-order valence-electron chi connectivity index (χ4n) is 1.69. The van der Waals surface area contributed by atoms with Gasteiger partial charge in [-0.3, -0.25) is 5.41 Å². The van der Waals surface area contributed by atoms with Crippen molar-refractivity contribution < 1.29 is 4.74 Å². The lowest BCUT2D eigenvalue weighted by molar-refractivity contribution is 0.458. The molecule has 1 aromatic carbocycles. The van der Waals surface area contributed by atoms with Gasteiger partial charge in [-0.15, -0.1) is 0 Å². The summed E-state index contributed by atoms with van der Waals surface area (Å²) in [5.74, 6) is 1.18. The molecule has 0 spiro atoms. The summed E-state index contributed by atoms with van der Waals surface area (Å²) in [6.45, 7) is 3.80. The molecule has 1 heterocycles. The predicted octanol–water partition coefficient (Wildman–Crippen LogP) is 3.54. The number of hydrogen-bond donors (Lipinski definition) is 2. The predicted molar refractivity (Wildman–Crippen MR) is 78.9 cm³/mol. The van der Waals surface area contributed by atoms with E-state index in [2.05, 4.69) is 20.9 Å². The van der Waals surface area contributed by atoms with Crippen molar-refractivity contribution in [3.05, 3.63) is 51.6 Å². The van der Waals surface area contributed by atoms with E-state index in [1.165, 1.54) is 0 Å². The highest BCUT2D eigenvalue weighted by Crippen LogP contribution is 2.27. The first-order chi connectivity index (χ1) is 8.95. The molecule has 0 aliphatic rings. The van der Waals surface area contributed by atoms with Gasteiger partial charge in [0.15, 0.2) is 0 Å². The van der Waals surface area contributed by atoms with E-state index in [1.54, 1.807) is 12.1 Å². The summed E-state index contributed by atoms with van der Waals surface area (Å²) in [6, 6.07) is 9.17. The number of pyridine rings is 1. The van der Waals surface area contributed by atoms with Gasteiger partial charge in [0.05, 0.1) is 0 Å². The fourth-order valence-corrected chi connectivity index (χ4v) is 2.16. The summed E-state index contributed by atoms with van der Waals surface area (Å²) < 4.78 is 6.75. The number of nitrogens with zero attached hydrogens (tertiary/aromatic N) is 1. The second kappa shape index (κ2) is 5.40. The van der Waals surface area contributed by atoms with Gasteiger partial charge < -0.3 is 10.5 Å². The Morgan fingerprint density at radius 2 is 2.00 bits per heavy atom. The van der Waals surface area contributed by atoms with Crippen LogP contribution in [0.3, 0.4) is 0 Å². The van der Waals surface area contributed by atoms with Crippen molar-refractivity contribution in [2.45, 2.75) is 13.8 Å². The summed E-state index contributed by atoms with van der Waals surface area (Å²) in [7, 11) is 0. The van der Waals surface area contributed by atoms with Gasteiger partial charge in [0, 0.05) is 21.8 Å². The van der Waals surface area contributed by atoms with Crippen molar-refractivity contribution in [3.8, 4) is 11.6 Å². The van der Waals surface area contributed by atoms with Crippen LogP contribution in [-0.4, -0.2) is 10.8 Å². The van der Waals surface area contributed by atoms with Gasteiger partial charge in [0.1, 0.15) is 11.6 Å². The number of aryl methyl sites for hydroxylation is 2. The van der Waals surface area contributed by atoms with Crippen LogP contribution in [0, 0.1) is 19.3 Å². The maximum absolute atomic E-state index is 7.47. The standard InChI is InChI=1S/C14H14BrN3O/c1-8-5-11(15)3-4-12(8)19-13-7-10(14(16)17)6-9(2)18-13/h3-7H,1-2H3,(H3,16,17). The monoisotopic (exact) mass is 319 g/mol. The number of halogens is 1. The third kappa shape index (κ3) is 3.32. The maximum Gasteiger partial charge on any atom is 0.220 e. The lowest BCUT2D eigenvalue weighted by Crippen LogP contribution is -2.11. The summed E-state index contributed by atoms with van der Waals surface area (Å²) in [4.78, 5) is 4.29. The van der Waals surface area contributed by atoms with Crippen LogP contribution in [-0.2, 0) is 0 Å². The second-order valence-corrected chi connectivity index (χ2v) is 5.18. The molecule has 0 radical (unpaired) electrons. The highest BCUT2D eigenvalue weighted by Gasteiger charge is 2.07. The van der Waals surface area contributed by atoms with Gasteiger partial charge in [-0.2, -0.15) is 0 Å². The Hall–Kier alpha value is -1.88. The van der Waals surface area contributed by atoms with Crippen molar-refractivity contribution in [2.75, 3.05) is 0 Å². The van der Waals surface area contributed by atoms with E-state index in [4.69, 9.17) is 15.9 Å². The van der Waals surface area contributed by atoms with Gasteiger partial charge in [-0.05, 0) is 43.7 Å². The van der Waals surface area contributed by atoms with Crippen molar-refractivity contribution in [1.29, 1.82) is 5.41 Å². The number of nitrogens with one attached hydrogen (secondary N) is 1. The number of benzene rings is 1. The molecule has 0 bridgehead atoms. The average molecular weight is 320 g/mol. The molecule has 0 atom stereocenters. The van der Waals surface area contributed by atoms with Gasteiger partial charge in [0.25, 0.3) is 0 Å². The molecule has 0 saturated carbocycles. The molecule has 3 N–H and O–H groups in total. The molecule has 0 fully saturated rings. The zero-order valence-electron chi connectivity index (χ0n) is 10.7. The van der Waals surface area contributed by atoms with E-state index in [1.807, 2.05) is 32.0 Å². The van der Waals surface area contributed by atoms with Crippen LogP contribution < -0.4 is 10.5 Å². The van der Waals surface area contributed by atoms with Crippen molar-refractivity contribution >= 4 is 21.8 Å². The minimum atomic E-state index is 0.00266. The van der Waals surface area contributed by atoms with E-state index in [-0.39, 0.29) is 5.84 Å². The molecule has 19 heavy (non-hydrogen) atoms. The molecule has 5 heteroatoms. The molecule has 0 amide bonds. The van der Waals surface area contributed by atoms with Gasteiger partial charge in [-0.1, -0.05) is 15.9 Å². The van der Waals surface area contributed by atoms with E-state index < -0.39 is 0 Å². The highest BCUT2D eigenvalue weighted by molar-refractivity contribution is 9.10. The zero-order valence-corrected chi connectivity index (χ0v) is 12.3. The summed E-state index contributed by atoms with van der Waals surface area (Å²) in [6.07, 6.45) is 0. The van der Waals surface area contributed by atoms with Gasteiger partial charge >= 0.3 is 0 Å². The SMILES string of the molecule is Cc1cc(C(=N)N)cc(Oc2ccc(Br)cc2C)n1. The van der Waals surface area contributed by atoms with E-state index in [9.17, 15) is 0 Å². The normalized spacial score (nSPS) is 10.3. The van der Waals surface area contributed by atoms with E-state index >= 15 is 0 Å². The molecule has 2 rings (SSSR count). The van der Waals surface area contributed by atoms with E-state index in [0.29, 0.717) is 11.4 Å². The third-order valence-corrected chi connectivity index (χ3v) is 3.09. The first-order valence-corrected chi connectivity index (χ1v) is 6.52. The molecule has 4 nitrogen and oxygen atoms in total. The average Bonchev–Trinajstić information content (AvgIpc) is 2.32. The Kier molecular flexibility index (Phi) is 3.85. The van der Waals surface area contributed by atoms with Gasteiger partial charge in [0.2, 0.25) is 5.88 Å².